The number of aliphatic hydroxyl groups excluding tert-OH is 1. The highest BCUT2D eigenvalue weighted by atomic mass is 16.5. The standard InChI is InChI=1S/C48H58N12O4/c1-28-24-33(8-13-36(28)30(3)51-44(62)45-54-46(56-64-45)48(4,5)6)41-37-25-38(52-43(37)50-27-49-41)40-29(2)42(57(7)55-40)32-16-19-58(20-17-32)26-31-14-21-59(22-15-31)34-9-11-35(12-10-34)60-23-18-39(61)53-47(60)63/h8-13,16,24-25,27,30-31,47,63H,14-15,17-23,26H2,1-7H3,(H,51,62)(H,53,61)(H,49,50,52)/t30-,47?/m1/s1. The molecular weight excluding hydrogens is 809 g/mol. The van der Waals surface area contributed by atoms with Crippen LogP contribution in [0.2, 0.25) is 0 Å². The molecule has 16 heteroatoms. The van der Waals surface area contributed by atoms with E-state index in [0.29, 0.717) is 24.7 Å². The normalized spacial score (nSPS) is 18.3. The molecule has 2 fully saturated rings. The van der Waals surface area contributed by atoms with E-state index in [1.807, 2.05) is 75.5 Å². The monoisotopic (exact) mass is 866 g/mol. The number of amides is 2. The number of rotatable bonds is 10. The third-order valence-electron chi connectivity index (χ3n) is 13.1. The van der Waals surface area contributed by atoms with Gasteiger partial charge in [0.2, 0.25) is 12.3 Å². The zero-order valence-corrected chi connectivity index (χ0v) is 37.8. The highest BCUT2D eigenvalue weighted by Crippen LogP contribution is 2.36. The van der Waals surface area contributed by atoms with E-state index < -0.39 is 12.3 Å². The molecule has 0 saturated carbocycles. The Balaban J connectivity index is 0.823. The van der Waals surface area contributed by atoms with Gasteiger partial charge in [0.15, 0.2) is 5.82 Å². The average Bonchev–Trinajstić information content (AvgIpc) is 4.02. The Morgan fingerprint density at radius 3 is 2.44 bits per heavy atom. The van der Waals surface area contributed by atoms with Gasteiger partial charge in [-0.15, -0.1) is 0 Å². The van der Waals surface area contributed by atoms with Crippen molar-refractivity contribution < 1.29 is 19.2 Å². The molecule has 2 saturated heterocycles. The average molecular weight is 867 g/mol. The van der Waals surface area contributed by atoms with E-state index in [1.165, 1.54) is 17.0 Å². The Labute approximate surface area is 373 Å². The summed E-state index contributed by atoms with van der Waals surface area (Å²) in [5.74, 6) is 0.556. The Morgan fingerprint density at radius 1 is 0.984 bits per heavy atom. The first-order chi connectivity index (χ1) is 30.7. The molecule has 0 radical (unpaired) electrons. The summed E-state index contributed by atoms with van der Waals surface area (Å²) in [6, 6.07) is 16.3. The highest BCUT2D eigenvalue weighted by molar-refractivity contribution is 5.94. The van der Waals surface area contributed by atoms with Gasteiger partial charge in [-0.3, -0.25) is 19.2 Å². The first-order valence-electron chi connectivity index (χ1n) is 22.3. The predicted molar refractivity (Wildman–Crippen MR) is 246 cm³/mol. The molecule has 0 aliphatic carbocycles. The minimum Gasteiger partial charge on any atom is -0.372 e. The van der Waals surface area contributed by atoms with Crippen molar-refractivity contribution in [3.63, 3.8) is 0 Å². The quantitative estimate of drug-likeness (QED) is 0.119. The Morgan fingerprint density at radius 2 is 1.75 bits per heavy atom. The number of aromatic amines is 1. The first-order valence-corrected chi connectivity index (χ1v) is 22.3. The molecule has 2 amide bonds. The van der Waals surface area contributed by atoms with Crippen molar-refractivity contribution in [2.45, 2.75) is 85.0 Å². The van der Waals surface area contributed by atoms with Crippen LogP contribution in [0.3, 0.4) is 0 Å². The number of nitrogens with one attached hydrogen (secondary N) is 3. The summed E-state index contributed by atoms with van der Waals surface area (Å²) >= 11 is 0. The van der Waals surface area contributed by atoms with Crippen LogP contribution in [0.5, 0.6) is 0 Å². The molecule has 4 aromatic heterocycles. The number of aryl methyl sites for hydroxylation is 2. The van der Waals surface area contributed by atoms with Gasteiger partial charge in [0, 0.05) is 86.0 Å². The summed E-state index contributed by atoms with van der Waals surface area (Å²) in [4.78, 5) is 48.6. The number of fused-ring (bicyclic) bond motifs is 1. The Bertz CT molecular complexity index is 2720. The van der Waals surface area contributed by atoms with E-state index >= 15 is 0 Å². The number of nitrogens with zero attached hydrogens (tertiary/aromatic N) is 9. The fraction of sp³-hybridized carbons (Fsp3) is 0.438. The number of carbonyl (C=O) groups is 2. The van der Waals surface area contributed by atoms with Crippen LogP contribution >= 0.6 is 0 Å². The molecule has 2 aromatic carbocycles. The summed E-state index contributed by atoms with van der Waals surface area (Å²) in [6.45, 7) is 17.6. The lowest BCUT2D eigenvalue weighted by molar-refractivity contribution is -0.125. The second kappa shape index (κ2) is 17.3. The van der Waals surface area contributed by atoms with Gasteiger partial charge >= 0.3 is 11.8 Å². The van der Waals surface area contributed by atoms with E-state index in [1.54, 1.807) is 6.33 Å². The highest BCUT2D eigenvalue weighted by Gasteiger charge is 2.29. The molecule has 16 nitrogen and oxygen atoms in total. The molecule has 64 heavy (non-hydrogen) atoms. The largest absolute Gasteiger partial charge is 0.372 e. The van der Waals surface area contributed by atoms with Gasteiger partial charge in [-0.25, -0.2) is 9.97 Å². The number of hydrogen-bond donors (Lipinski definition) is 4. The van der Waals surface area contributed by atoms with E-state index in [2.05, 4.69) is 77.8 Å². The second-order valence-corrected chi connectivity index (χ2v) is 18.6. The van der Waals surface area contributed by atoms with E-state index in [0.717, 1.165) is 108 Å². The van der Waals surface area contributed by atoms with Crippen LogP contribution in [-0.2, 0) is 17.3 Å². The minimum atomic E-state index is -0.985. The molecule has 3 aliphatic heterocycles. The van der Waals surface area contributed by atoms with Gasteiger partial charge < -0.3 is 35.0 Å². The smallest absolute Gasteiger partial charge is 0.315 e. The van der Waals surface area contributed by atoms with Crippen molar-refractivity contribution >= 4 is 39.8 Å². The second-order valence-electron chi connectivity index (χ2n) is 18.6. The van der Waals surface area contributed by atoms with Crippen LogP contribution in [0.4, 0.5) is 11.4 Å². The van der Waals surface area contributed by atoms with Crippen LogP contribution in [0.1, 0.15) is 98.3 Å². The van der Waals surface area contributed by atoms with Gasteiger partial charge in [-0.1, -0.05) is 44.1 Å². The van der Waals surface area contributed by atoms with Crippen LogP contribution in [0.15, 0.2) is 65.5 Å². The van der Waals surface area contributed by atoms with Crippen molar-refractivity contribution in [2.75, 3.05) is 49.1 Å². The van der Waals surface area contributed by atoms with Gasteiger partial charge in [-0.05, 0) is 99.0 Å². The number of hydrogen-bond acceptors (Lipinski definition) is 12. The van der Waals surface area contributed by atoms with Gasteiger partial charge in [-0.2, -0.15) is 10.1 Å². The topological polar surface area (TPSA) is 186 Å². The Kier molecular flexibility index (Phi) is 11.6. The van der Waals surface area contributed by atoms with Gasteiger partial charge in [0.25, 0.3) is 0 Å². The first kappa shape index (κ1) is 42.9. The zero-order chi connectivity index (χ0) is 44.9. The van der Waals surface area contributed by atoms with Gasteiger partial charge in [0.05, 0.1) is 23.1 Å². The molecule has 2 atom stereocenters. The fourth-order valence-electron chi connectivity index (χ4n) is 9.49. The lowest BCUT2D eigenvalue weighted by Gasteiger charge is -2.37. The lowest BCUT2D eigenvalue weighted by atomic mass is 9.94. The number of H-pyrrole nitrogens is 1. The fourth-order valence-corrected chi connectivity index (χ4v) is 9.49. The van der Waals surface area contributed by atoms with E-state index in [9.17, 15) is 14.7 Å². The third kappa shape index (κ3) is 8.63. The van der Waals surface area contributed by atoms with Crippen molar-refractivity contribution in [1.29, 1.82) is 0 Å². The number of benzene rings is 2. The molecular formula is C48H58N12O4. The molecule has 334 valence electrons. The third-order valence-corrected chi connectivity index (χ3v) is 13.1. The number of aliphatic hydroxyl groups is 1. The van der Waals surface area contributed by atoms with Crippen LogP contribution in [0.25, 0.3) is 39.3 Å². The Hall–Kier alpha value is -6.39. The summed E-state index contributed by atoms with van der Waals surface area (Å²) in [5.41, 5.74) is 11.7. The van der Waals surface area contributed by atoms with E-state index in [4.69, 9.17) is 14.6 Å². The number of carbonyl (C=O) groups excluding carboxylic acids is 2. The molecule has 1 unspecified atom stereocenters. The summed E-state index contributed by atoms with van der Waals surface area (Å²) < 4.78 is 7.28. The molecule has 3 aliphatic rings. The van der Waals surface area contributed by atoms with Gasteiger partial charge in [0.1, 0.15) is 17.7 Å². The van der Waals surface area contributed by atoms with Crippen LogP contribution < -0.4 is 20.4 Å². The molecule has 7 heterocycles. The molecule has 9 rings (SSSR count). The molecule has 4 N–H and O–H groups in total. The maximum atomic E-state index is 13.0. The van der Waals surface area contributed by atoms with Crippen molar-refractivity contribution in [3.05, 3.63) is 95.0 Å². The zero-order valence-electron chi connectivity index (χ0n) is 37.8. The SMILES string of the molecule is Cc1cc(-c2ncnc3[nH]c(-c4nn(C)c(C5=CCN(CC6CCN(c7ccc(N8CCC(=O)NC8O)cc7)CC6)CC5)c4C)cc23)ccc1[C@@H](C)NC(=O)c1nc(C(C)(C)C)no1. The van der Waals surface area contributed by atoms with Crippen LogP contribution in [-0.4, -0.2) is 102 Å². The van der Waals surface area contributed by atoms with Crippen molar-refractivity contribution in [2.24, 2.45) is 13.0 Å². The predicted octanol–water partition coefficient (Wildman–Crippen LogP) is 6.42. The maximum Gasteiger partial charge on any atom is 0.315 e. The molecule has 0 bridgehead atoms. The van der Waals surface area contributed by atoms with E-state index in [-0.39, 0.29) is 23.3 Å². The summed E-state index contributed by atoms with van der Waals surface area (Å²) in [7, 11) is 2.03. The number of piperidine rings is 1. The number of anilines is 2. The lowest BCUT2D eigenvalue weighted by Crippen LogP contribution is -2.54. The molecule has 6 aromatic rings. The van der Waals surface area contributed by atoms with Crippen molar-refractivity contribution in [1.82, 2.24) is 50.4 Å². The van der Waals surface area contributed by atoms with Crippen molar-refractivity contribution in [3.8, 4) is 22.6 Å². The molecule has 0 spiro atoms. The maximum absolute atomic E-state index is 13.0. The minimum absolute atomic E-state index is 0.0498. The summed E-state index contributed by atoms with van der Waals surface area (Å²) in [6.07, 6.45) is 6.64. The number of aromatic nitrogens is 7. The van der Waals surface area contributed by atoms with Crippen LogP contribution in [0, 0.1) is 19.8 Å². The summed E-state index contributed by atoms with van der Waals surface area (Å²) in [5, 5.41) is 25.8.